The Hall–Kier alpha value is -1.85. The smallest absolute Gasteiger partial charge is 0.128 e. The van der Waals surface area contributed by atoms with E-state index in [4.69, 9.17) is 0 Å². The number of aryl methyl sites for hydroxylation is 1. The van der Waals surface area contributed by atoms with Gasteiger partial charge in [0.2, 0.25) is 0 Å². The van der Waals surface area contributed by atoms with E-state index in [9.17, 15) is 9.50 Å². The average molecular weight is 343 g/mol. The number of halogens is 1. The maximum Gasteiger partial charge on any atom is 0.128 e. The Labute approximate surface area is 148 Å². The monoisotopic (exact) mass is 343 g/mol. The lowest BCUT2D eigenvalue weighted by Crippen LogP contribution is -2.29. The van der Waals surface area contributed by atoms with Gasteiger partial charge in [-0.1, -0.05) is 19.1 Å². The summed E-state index contributed by atoms with van der Waals surface area (Å²) in [4.78, 5) is 11.2. The Kier molecular flexibility index (Phi) is 5.76. The zero-order valence-corrected chi connectivity index (χ0v) is 14.8. The number of likely N-dealkylation sites (tertiary alicyclic amines) is 1. The average Bonchev–Trinajstić information content (AvgIpc) is 2.80. The van der Waals surface area contributed by atoms with Crippen LogP contribution in [0.2, 0.25) is 0 Å². The van der Waals surface area contributed by atoms with Crippen molar-refractivity contribution in [3.8, 4) is 0 Å². The Balaban J connectivity index is 1.62. The molecule has 134 valence electrons. The lowest BCUT2D eigenvalue weighted by atomic mass is 9.87. The van der Waals surface area contributed by atoms with Gasteiger partial charge in [0, 0.05) is 37.5 Å². The molecule has 3 rings (SSSR count). The van der Waals surface area contributed by atoms with E-state index in [0.29, 0.717) is 12.8 Å². The number of hydrogen-bond acceptors (Lipinski definition) is 4. The topological polar surface area (TPSA) is 49.2 Å². The van der Waals surface area contributed by atoms with Crippen LogP contribution in [0.25, 0.3) is 0 Å². The maximum absolute atomic E-state index is 13.1. The highest BCUT2D eigenvalue weighted by molar-refractivity contribution is 5.23. The van der Waals surface area contributed by atoms with Crippen molar-refractivity contribution < 1.29 is 9.50 Å². The van der Waals surface area contributed by atoms with E-state index < -0.39 is 5.60 Å². The molecule has 1 fully saturated rings. The van der Waals surface area contributed by atoms with Gasteiger partial charge in [0.15, 0.2) is 0 Å². The number of aliphatic hydroxyl groups is 1. The van der Waals surface area contributed by atoms with E-state index >= 15 is 0 Å². The molecule has 1 aromatic carbocycles. The predicted molar refractivity (Wildman–Crippen MR) is 95.5 cm³/mol. The first-order valence-electron chi connectivity index (χ1n) is 9.09. The molecule has 0 saturated carbocycles. The van der Waals surface area contributed by atoms with E-state index in [1.54, 1.807) is 12.1 Å². The van der Waals surface area contributed by atoms with Gasteiger partial charge in [-0.05, 0) is 49.9 Å². The number of hydrogen-bond donors (Lipinski definition) is 1. The number of aromatic nitrogens is 2. The molecule has 1 aliphatic rings. The second-order valence-corrected chi connectivity index (χ2v) is 6.93. The van der Waals surface area contributed by atoms with Crippen molar-refractivity contribution in [2.75, 3.05) is 13.1 Å². The SMILES string of the molecule is CCCc1ncc(CN2CCCC(O)(c3ccc(F)cc3)CC2)cn1. The van der Waals surface area contributed by atoms with Crippen molar-refractivity contribution in [2.45, 2.75) is 51.2 Å². The third kappa shape index (κ3) is 4.61. The van der Waals surface area contributed by atoms with Gasteiger partial charge >= 0.3 is 0 Å². The van der Waals surface area contributed by atoms with Crippen LogP contribution in [0.15, 0.2) is 36.7 Å². The molecule has 1 unspecified atom stereocenters. The Morgan fingerprint density at radius 1 is 1.12 bits per heavy atom. The molecule has 1 aliphatic heterocycles. The summed E-state index contributed by atoms with van der Waals surface area (Å²) in [6.07, 6.45) is 8.03. The Morgan fingerprint density at radius 3 is 2.52 bits per heavy atom. The summed E-state index contributed by atoms with van der Waals surface area (Å²) in [5.41, 5.74) is 1.04. The molecule has 1 saturated heterocycles. The molecular formula is C20H26FN3O. The maximum atomic E-state index is 13.1. The summed E-state index contributed by atoms with van der Waals surface area (Å²) in [6.45, 7) is 4.65. The molecule has 0 radical (unpaired) electrons. The van der Waals surface area contributed by atoms with Crippen molar-refractivity contribution in [3.05, 3.63) is 59.4 Å². The second-order valence-electron chi connectivity index (χ2n) is 6.93. The first-order chi connectivity index (χ1) is 12.1. The number of nitrogens with zero attached hydrogens (tertiary/aromatic N) is 3. The van der Waals surface area contributed by atoms with Crippen LogP contribution in [-0.4, -0.2) is 33.1 Å². The summed E-state index contributed by atoms with van der Waals surface area (Å²) >= 11 is 0. The van der Waals surface area contributed by atoms with E-state index in [-0.39, 0.29) is 5.82 Å². The molecule has 2 aromatic rings. The summed E-state index contributed by atoms with van der Waals surface area (Å²) < 4.78 is 13.1. The minimum atomic E-state index is -0.871. The summed E-state index contributed by atoms with van der Waals surface area (Å²) in [6, 6.07) is 6.24. The van der Waals surface area contributed by atoms with Crippen molar-refractivity contribution in [1.29, 1.82) is 0 Å². The molecule has 0 bridgehead atoms. The standard InChI is InChI=1S/C20H26FN3O/c1-2-4-19-22-13-16(14-23-19)15-24-11-3-9-20(25,10-12-24)17-5-7-18(21)8-6-17/h5-8,13-14,25H,2-4,9-12,15H2,1H3. The van der Waals surface area contributed by atoms with Gasteiger partial charge in [0.25, 0.3) is 0 Å². The fourth-order valence-corrected chi connectivity index (χ4v) is 3.46. The van der Waals surface area contributed by atoms with Crippen LogP contribution in [0.5, 0.6) is 0 Å². The molecule has 5 heteroatoms. The lowest BCUT2D eigenvalue weighted by molar-refractivity contribution is 0.0209. The molecular weight excluding hydrogens is 317 g/mol. The zero-order chi connectivity index (χ0) is 17.7. The third-order valence-corrected chi connectivity index (χ3v) is 4.93. The van der Waals surface area contributed by atoms with Crippen LogP contribution in [-0.2, 0) is 18.6 Å². The van der Waals surface area contributed by atoms with Gasteiger partial charge in [-0.15, -0.1) is 0 Å². The molecule has 2 heterocycles. The molecule has 4 nitrogen and oxygen atoms in total. The second kappa shape index (κ2) is 8.02. The van der Waals surface area contributed by atoms with Crippen LogP contribution in [0, 0.1) is 5.82 Å². The van der Waals surface area contributed by atoms with Gasteiger partial charge in [0.1, 0.15) is 11.6 Å². The molecule has 1 N–H and O–H groups in total. The fourth-order valence-electron chi connectivity index (χ4n) is 3.46. The van der Waals surface area contributed by atoms with E-state index in [0.717, 1.165) is 55.8 Å². The van der Waals surface area contributed by atoms with E-state index in [2.05, 4.69) is 21.8 Å². The highest BCUT2D eigenvalue weighted by Gasteiger charge is 2.31. The molecule has 0 amide bonds. The van der Waals surface area contributed by atoms with Crippen molar-refractivity contribution in [1.82, 2.24) is 14.9 Å². The lowest BCUT2D eigenvalue weighted by Gasteiger charge is -2.27. The van der Waals surface area contributed by atoms with E-state index in [1.807, 2.05) is 12.4 Å². The van der Waals surface area contributed by atoms with Gasteiger partial charge in [0.05, 0.1) is 5.60 Å². The normalized spacial score (nSPS) is 21.9. The molecule has 1 atom stereocenters. The van der Waals surface area contributed by atoms with Crippen molar-refractivity contribution >= 4 is 0 Å². The summed E-state index contributed by atoms with van der Waals surface area (Å²) in [7, 11) is 0. The quantitative estimate of drug-likeness (QED) is 0.903. The molecule has 25 heavy (non-hydrogen) atoms. The van der Waals surface area contributed by atoms with Crippen molar-refractivity contribution in [3.63, 3.8) is 0 Å². The fraction of sp³-hybridized carbons (Fsp3) is 0.500. The van der Waals surface area contributed by atoms with Crippen molar-refractivity contribution in [2.24, 2.45) is 0 Å². The van der Waals surface area contributed by atoms with E-state index in [1.165, 1.54) is 12.1 Å². The largest absolute Gasteiger partial charge is 0.385 e. The molecule has 1 aromatic heterocycles. The van der Waals surface area contributed by atoms with Gasteiger partial charge < -0.3 is 5.11 Å². The third-order valence-electron chi connectivity index (χ3n) is 4.93. The van der Waals surface area contributed by atoms with Crippen LogP contribution in [0.3, 0.4) is 0 Å². The molecule has 0 aliphatic carbocycles. The minimum Gasteiger partial charge on any atom is -0.385 e. The van der Waals surface area contributed by atoms with Crippen LogP contribution in [0.4, 0.5) is 4.39 Å². The van der Waals surface area contributed by atoms with Crippen LogP contribution in [0.1, 0.15) is 49.6 Å². The summed E-state index contributed by atoms with van der Waals surface area (Å²) in [5.74, 6) is 0.627. The summed E-state index contributed by atoms with van der Waals surface area (Å²) in [5, 5.41) is 11.0. The van der Waals surface area contributed by atoms with Crippen LogP contribution < -0.4 is 0 Å². The van der Waals surface area contributed by atoms with Gasteiger partial charge in [-0.2, -0.15) is 0 Å². The first kappa shape index (κ1) is 18.0. The van der Waals surface area contributed by atoms with Gasteiger partial charge in [-0.25, -0.2) is 14.4 Å². The van der Waals surface area contributed by atoms with Crippen LogP contribution >= 0.6 is 0 Å². The predicted octanol–water partition coefficient (Wildman–Crippen LogP) is 3.44. The minimum absolute atomic E-state index is 0.269. The number of benzene rings is 1. The Morgan fingerprint density at radius 2 is 1.84 bits per heavy atom. The highest BCUT2D eigenvalue weighted by Crippen LogP contribution is 2.33. The highest BCUT2D eigenvalue weighted by atomic mass is 19.1. The molecule has 0 spiro atoms. The number of rotatable bonds is 5. The zero-order valence-electron chi connectivity index (χ0n) is 14.8. The first-order valence-corrected chi connectivity index (χ1v) is 9.09. The van der Waals surface area contributed by atoms with Gasteiger partial charge in [-0.3, -0.25) is 4.90 Å². The Bertz CT molecular complexity index is 674.